The van der Waals surface area contributed by atoms with E-state index in [1.54, 1.807) is 0 Å². The number of likely N-dealkylation sites (tertiary alicyclic amines) is 2. The topological polar surface area (TPSA) is 59.1 Å². The first-order valence-electron chi connectivity index (χ1n) is 11.2. The fourth-order valence-electron chi connectivity index (χ4n) is 4.54. The molecule has 0 aromatic rings. The van der Waals surface area contributed by atoms with Crippen LogP contribution in [0, 0.1) is 23.7 Å². The van der Waals surface area contributed by atoms with Crippen LogP contribution >= 0.6 is 0 Å². The summed E-state index contributed by atoms with van der Waals surface area (Å²) in [6, 6.07) is 0. The molecule has 2 heterocycles. The van der Waals surface area contributed by atoms with Crippen LogP contribution in [-0.2, 0) is 9.47 Å². The molecule has 2 aliphatic heterocycles. The number of ether oxygens (including phenoxy) is 2. The van der Waals surface area contributed by atoms with Crippen LogP contribution in [0.5, 0.6) is 0 Å². The molecule has 0 N–H and O–H groups in total. The van der Waals surface area contributed by atoms with Crippen LogP contribution in [0.25, 0.3) is 0 Å². The molecule has 4 aliphatic rings. The van der Waals surface area contributed by atoms with Crippen LogP contribution in [0.15, 0.2) is 24.3 Å². The first kappa shape index (κ1) is 22.7. The smallest absolute Gasteiger partial charge is 0.410 e. The highest BCUT2D eigenvalue weighted by Crippen LogP contribution is 2.34. The van der Waals surface area contributed by atoms with Gasteiger partial charge < -0.3 is 19.3 Å². The molecule has 0 spiro atoms. The van der Waals surface area contributed by atoms with Gasteiger partial charge in [0.05, 0.1) is 0 Å². The number of hydrogen-bond acceptors (Lipinski definition) is 4. The number of amides is 2. The summed E-state index contributed by atoms with van der Waals surface area (Å²) in [5.74, 6) is 2.41. The second kappa shape index (κ2) is 8.64. The maximum absolute atomic E-state index is 11.8. The summed E-state index contributed by atoms with van der Waals surface area (Å²) in [5, 5.41) is 0. The third-order valence-electron chi connectivity index (χ3n) is 5.93. The summed E-state index contributed by atoms with van der Waals surface area (Å²) in [5.41, 5.74) is -0.769. The Morgan fingerprint density at radius 3 is 1.37 bits per heavy atom. The molecule has 0 aromatic heterocycles. The summed E-state index contributed by atoms with van der Waals surface area (Å²) in [6.07, 6.45) is 10.8. The molecule has 2 aliphatic carbocycles. The van der Waals surface area contributed by atoms with E-state index in [4.69, 9.17) is 9.47 Å². The van der Waals surface area contributed by atoms with E-state index in [-0.39, 0.29) is 23.4 Å². The maximum atomic E-state index is 11.8. The van der Waals surface area contributed by atoms with Gasteiger partial charge in [0, 0.05) is 26.2 Å². The molecule has 0 radical (unpaired) electrons. The lowest BCUT2D eigenvalue weighted by Gasteiger charge is -2.24. The van der Waals surface area contributed by atoms with E-state index in [0.717, 1.165) is 39.0 Å². The van der Waals surface area contributed by atoms with Crippen LogP contribution in [0.1, 0.15) is 54.4 Å². The van der Waals surface area contributed by atoms with Gasteiger partial charge in [-0.2, -0.15) is 0 Å². The Hall–Kier alpha value is -1.98. The van der Waals surface area contributed by atoms with Gasteiger partial charge >= 0.3 is 12.2 Å². The quantitative estimate of drug-likeness (QED) is 0.527. The van der Waals surface area contributed by atoms with Crippen molar-refractivity contribution < 1.29 is 19.1 Å². The lowest BCUT2D eigenvalue weighted by Crippen LogP contribution is -2.35. The normalized spacial score (nSPS) is 29.4. The molecule has 2 saturated heterocycles. The van der Waals surface area contributed by atoms with E-state index in [9.17, 15) is 9.59 Å². The zero-order chi connectivity index (χ0) is 22.1. The van der Waals surface area contributed by atoms with Crippen molar-refractivity contribution in [3.05, 3.63) is 24.3 Å². The van der Waals surface area contributed by atoms with Crippen molar-refractivity contribution in [1.29, 1.82) is 0 Å². The van der Waals surface area contributed by atoms with Crippen LogP contribution in [0.2, 0.25) is 0 Å². The molecule has 2 amide bonds. The second-order valence-electron chi connectivity index (χ2n) is 10.9. The minimum absolute atomic E-state index is 0.162. The number of carbonyl (C=O) groups is 2. The van der Waals surface area contributed by atoms with E-state index >= 15 is 0 Å². The third kappa shape index (κ3) is 6.02. The number of fused-ring (bicyclic) bond motifs is 2. The molecular weight excluding hydrogens is 380 g/mol. The molecule has 6 nitrogen and oxygen atoms in total. The molecule has 0 aromatic carbocycles. The van der Waals surface area contributed by atoms with Gasteiger partial charge in [0.1, 0.15) is 11.2 Å². The van der Waals surface area contributed by atoms with Gasteiger partial charge in [-0.15, -0.1) is 0 Å². The lowest BCUT2D eigenvalue weighted by molar-refractivity contribution is 0.0275. The van der Waals surface area contributed by atoms with Crippen LogP contribution < -0.4 is 0 Å². The third-order valence-corrected chi connectivity index (χ3v) is 5.93. The van der Waals surface area contributed by atoms with Crippen molar-refractivity contribution in [2.24, 2.45) is 23.7 Å². The average Bonchev–Trinajstić information content (AvgIpc) is 3.31. The van der Waals surface area contributed by atoms with Gasteiger partial charge in [0.25, 0.3) is 0 Å². The predicted octanol–water partition coefficient (Wildman–Crippen LogP) is 4.86. The largest absolute Gasteiger partial charge is 0.444 e. The minimum Gasteiger partial charge on any atom is -0.444 e. The summed E-state index contributed by atoms with van der Waals surface area (Å²) >= 11 is 0. The average molecular weight is 419 g/mol. The standard InChI is InChI=1S/2C12H19NO2/c2*1-12(2,3)15-11(14)13-7-9-5-4-6-10(9)8-13/h2*4-5,9-10H,6-8H2,1-3H3. The molecule has 4 unspecified atom stereocenters. The van der Waals surface area contributed by atoms with Crippen LogP contribution in [0.3, 0.4) is 0 Å². The molecule has 4 atom stereocenters. The second-order valence-corrected chi connectivity index (χ2v) is 10.9. The molecule has 0 bridgehead atoms. The Labute approximate surface area is 181 Å². The van der Waals surface area contributed by atoms with Gasteiger partial charge in [0.15, 0.2) is 0 Å². The highest BCUT2D eigenvalue weighted by Gasteiger charge is 2.38. The zero-order valence-corrected chi connectivity index (χ0v) is 19.4. The molecule has 0 saturated carbocycles. The van der Waals surface area contributed by atoms with E-state index in [1.807, 2.05) is 51.3 Å². The van der Waals surface area contributed by atoms with Gasteiger partial charge in [-0.1, -0.05) is 24.3 Å². The van der Waals surface area contributed by atoms with E-state index in [1.165, 1.54) is 0 Å². The van der Waals surface area contributed by atoms with Gasteiger partial charge in [-0.25, -0.2) is 9.59 Å². The summed E-state index contributed by atoms with van der Waals surface area (Å²) in [6.45, 7) is 14.8. The highest BCUT2D eigenvalue weighted by atomic mass is 16.6. The fourth-order valence-corrected chi connectivity index (χ4v) is 4.54. The van der Waals surface area contributed by atoms with Gasteiger partial charge in [-0.3, -0.25) is 0 Å². The Bertz CT molecular complexity index is 641. The molecule has 6 heteroatoms. The number of carbonyl (C=O) groups excluding carboxylic acids is 2. The lowest BCUT2D eigenvalue weighted by atomic mass is 10.0. The number of hydrogen-bond donors (Lipinski definition) is 0. The van der Waals surface area contributed by atoms with Crippen molar-refractivity contribution >= 4 is 12.2 Å². The van der Waals surface area contributed by atoms with Gasteiger partial charge in [0.2, 0.25) is 0 Å². The Morgan fingerprint density at radius 2 is 1.07 bits per heavy atom. The Morgan fingerprint density at radius 1 is 0.700 bits per heavy atom. The van der Waals surface area contributed by atoms with Crippen molar-refractivity contribution in [1.82, 2.24) is 9.80 Å². The van der Waals surface area contributed by atoms with E-state index < -0.39 is 0 Å². The molecule has 30 heavy (non-hydrogen) atoms. The van der Waals surface area contributed by atoms with Crippen molar-refractivity contribution in [2.45, 2.75) is 65.6 Å². The number of rotatable bonds is 0. The summed E-state index contributed by atoms with van der Waals surface area (Å²) in [7, 11) is 0. The summed E-state index contributed by atoms with van der Waals surface area (Å²) < 4.78 is 10.7. The molecule has 168 valence electrons. The maximum Gasteiger partial charge on any atom is 0.410 e. The molecular formula is C24H38N2O4. The van der Waals surface area contributed by atoms with Crippen molar-refractivity contribution in [3.63, 3.8) is 0 Å². The monoisotopic (exact) mass is 418 g/mol. The first-order chi connectivity index (χ1) is 13.9. The molecule has 4 rings (SSSR count). The van der Waals surface area contributed by atoms with Crippen molar-refractivity contribution in [3.8, 4) is 0 Å². The van der Waals surface area contributed by atoms with E-state index in [2.05, 4.69) is 24.3 Å². The van der Waals surface area contributed by atoms with E-state index in [0.29, 0.717) is 23.7 Å². The van der Waals surface area contributed by atoms with Crippen LogP contribution in [-0.4, -0.2) is 59.4 Å². The Kier molecular flexibility index (Phi) is 6.54. The van der Waals surface area contributed by atoms with Crippen molar-refractivity contribution in [2.75, 3.05) is 26.2 Å². The first-order valence-corrected chi connectivity index (χ1v) is 11.2. The summed E-state index contributed by atoms with van der Waals surface area (Å²) in [4.78, 5) is 27.2. The Balaban J connectivity index is 0.000000171. The number of nitrogens with zero attached hydrogens (tertiary/aromatic N) is 2. The zero-order valence-electron chi connectivity index (χ0n) is 19.4. The SMILES string of the molecule is CC(C)(C)OC(=O)N1CC2C=CCC2C1.CC(C)(C)OC(=O)N1CC2C=CCC2C1. The van der Waals surface area contributed by atoms with Gasteiger partial charge in [-0.05, 0) is 78.1 Å². The number of allylic oxidation sites excluding steroid dienone is 2. The minimum atomic E-state index is -0.384. The highest BCUT2D eigenvalue weighted by molar-refractivity contribution is 5.69. The van der Waals surface area contributed by atoms with Crippen LogP contribution in [0.4, 0.5) is 9.59 Å². The fraction of sp³-hybridized carbons (Fsp3) is 0.750. The predicted molar refractivity (Wildman–Crippen MR) is 117 cm³/mol. The molecule has 2 fully saturated rings.